The molecule has 0 aromatic heterocycles. The third-order valence-electron chi connectivity index (χ3n) is 4.63. The molecule has 1 amide bonds. The summed E-state index contributed by atoms with van der Waals surface area (Å²) in [4.78, 5) is 13.3. The molecule has 8 nitrogen and oxygen atoms in total. The number of nitrogens with zero attached hydrogens (tertiary/aromatic N) is 1. The summed E-state index contributed by atoms with van der Waals surface area (Å²) in [5.41, 5.74) is 3.28. The van der Waals surface area contributed by atoms with Gasteiger partial charge in [0, 0.05) is 12.6 Å². The van der Waals surface area contributed by atoms with Gasteiger partial charge in [-0.3, -0.25) is 4.79 Å². The number of amides is 1. The molecule has 0 aliphatic heterocycles. The van der Waals surface area contributed by atoms with Crippen molar-refractivity contribution in [3.05, 3.63) is 81.8 Å². The van der Waals surface area contributed by atoms with Gasteiger partial charge < -0.3 is 14.8 Å². The van der Waals surface area contributed by atoms with Crippen LogP contribution in [0.25, 0.3) is 0 Å². The normalized spacial score (nSPS) is 11.3. The highest BCUT2D eigenvalue weighted by atomic mass is 79.9. The Morgan fingerprint density at radius 1 is 1.09 bits per heavy atom. The topological polar surface area (TPSA) is 106 Å². The first kappa shape index (κ1) is 25.3. The van der Waals surface area contributed by atoms with Crippen LogP contribution in [0.15, 0.2) is 75.1 Å². The molecule has 0 atom stereocenters. The lowest BCUT2D eigenvalue weighted by atomic mass is 10.2. The zero-order chi connectivity index (χ0) is 24.7. The van der Waals surface area contributed by atoms with E-state index in [0.29, 0.717) is 33.8 Å². The summed E-state index contributed by atoms with van der Waals surface area (Å²) in [5.74, 6) is 0.755. The van der Waals surface area contributed by atoms with Crippen molar-refractivity contribution in [2.75, 3.05) is 12.4 Å². The van der Waals surface area contributed by atoms with Crippen LogP contribution in [0, 0.1) is 6.92 Å². The molecule has 3 rings (SSSR count). The molecular formula is C24H24BrN3O5S. The maximum atomic E-state index is 12.5. The first-order valence-corrected chi connectivity index (χ1v) is 12.4. The Balaban J connectivity index is 1.69. The molecule has 0 radical (unpaired) electrons. The molecule has 0 bridgehead atoms. The maximum absolute atomic E-state index is 12.5. The average Bonchev–Trinajstić information content (AvgIpc) is 2.79. The van der Waals surface area contributed by atoms with Crippen LogP contribution in [0.4, 0.5) is 5.69 Å². The van der Waals surface area contributed by atoms with E-state index in [1.165, 1.54) is 50.1 Å². The lowest BCUT2D eigenvalue weighted by Gasteiger charge is -2.13. The molecule has 0 fully saturated rings. The van der Waals surface area contributed by atoms with Gasteiger partial charge in [-0.25, -0.2) is 4.83 Å². The SMILES string of the molecule is COc1cc(/C=N\NS(=O)(=O)c2ccc(NC(C)=O)cc2)cc(Br)c1OCc1ccc(C)cc1. The first-order chi connectivity index (χ1) is 16.2. The maximum Gasteiger partial charge on any atom is 0.276 e. The fraction of sp³-hybridized carbons (Fsp3) is 0.167. The third kappa shape index (κ3) is 6.82. The van der Waals surface area contributed by atoms with Crippen LogP contribution in [0.3, 0.4) is 0 Å². The quantitative estimate of drug-likeness (QED) is 0.301. The Kier molecular flexibility index (Phi) is 8.30. The van der Waals surface area contributed by atoms with E-state index in [1.807, 2.05) is 31.2 Å². The number of benzene rings is 3. The first-order valence-electron chi connectivity index (χ1n) is 10.2. The summed E-state index contributed by atoms with van der Waals surface area (Å²) in [6.07, 6.45) is 1.36. The second-order valence-corrected chi connectivity index (χ2v) is 9.88. The van der Waals surface area contributed by atoms with Crippen molar-refractivity contribution in [2.24, 2.45) is 5.10 Å². The number of rotatable bonds is 9. The number of carbonyl (C=O) groups excluding carboxylic acids is 1. The fourth-order valence-electron chi connectivity index (χ4n) is 2.94. The summed E-state index contributed by atoms with van der Waals surface area (Å²) in [5, 5.41) is 6.44. The van der Waals surface area contributed by atoms with Crippen LogP contribution in [0.5, 0.6) is 11.5 Å². The molecule has 0 saturated heterocycles. The molecule has 0 spiro atoms. The smallest absolute Gasteiger partial charge is 0.276 e. The van der Waals surface area contributed by atoms with Gasteiger partial charge in [-0.05, 0) is 70.4 Å². The predicted molar refractivity (Wildman–Crippen MR) is 135 cm³/mol. The van der Waals surface area contributed by atoms with Crippen molar-refractivity contribution in [3.63, 3.8) is 0 Å². The Labute approximate surface area is 207 Å². The van der Waals surface area contributed by atoms with E-state index in [-0.39, 0.29) is 10.8 Å². The molecule has 2 N–H and O–H groups in total. The highest BCUT2D eigenvalue weighted by molar-refractivity contribution is 9.10. The molecule has 10 heteroatoms. The highest BCUT2D eigenvalue weighted by Gasteiger charge is 2.14. The summed E-state index contributed by atoms with van der Waals surface area (Å²) in [6, 6.07) is 17.2. The van der Waals surface area contributed by atoms with E-state index in [1.54, 1.807) is 12.1 Å². The van der Waals surface area contributed by atoms with Gasteiger partial charge in [0.1, 0.15) is 6.61 Å². The summed E-state index contributed by atoms with van der Waals surface area (Å²) in [6.45, 7) is 3.76. The molecule has 0 aliphatic rings. The van der Waals surface area contributed by atoms with Gasteiger partial charge in [0.2, 0.25) is 5.91 Å². The highest BCUT2D eigenvalue weighted by Crippen LogP contribution is 2.36. The van der Waals surface area contributed by atoms with Gasteiger partial charge in [0.25, 0.3) is 10.0 Å². The molecule has 0 heterocycles. The molecule has 3 aromatic rings. The second-order valence-electron chi connectivity index (χ2n) is 7.37. The van der Waals surface area contributed by atoms with Crippen molar-refractivity contribution in [3.8, 4) is 11.5 Å². The van der Waals surface area contributed by atoms with E-state index in [9.17, 15) is 13.2 Å². The number of sulfonamides is 1. The minimum atomic E-state index is -3.88. The van der Waals surface area contributed by atoms with E-state index in [2.05, 4.69) is 31.2 Å². The Hall–Kier alpha value is -3.37. The van der Waals surface area contributed by atoms with Gasteiger partial charge in [-0.2, -0.15) is 13.5 Å². The minimum absolute atomic E-state index is 0.0115. The Bertz CT molecular complexity index is 1290. The zero-order valence-electron chi connectivity index (χ0n) is 18.8. The standard InChI is InChI=1S/C24H24BrN3O5S/c1-16-4-6-18(7-5-16)15-33-24-22(25)12-19(13-23(24)32-3)14-26-28-34(30,31)21-10-8-20(9-11-21)27-17(2)29/h4-14,28H,15H2,1-3H3,(H,27,29)/b26-14-. The monoisotopic (exact) mass is 545 g/mol. The Morgan fingerprint density at radius 2 is 1.76 bits per heavy atom. The number of halogens is 1. The zero-order valence-corrected chi connectivity index (χ0v) is 21.2. The summed E-state index contributed by atoms with van der Waals surface area (Å²) < 4.78 is 37.0. The number of methoxy groups -OCH3 is 1. The lowest BCUT2D eigenvalue weighted by molar-refractivity contribution is -0.114. The predicted octanol–water partition coefficient (Wildman–Crippen LogP) is 4.62. The van der Waals surface area contributed by atoms with Gasteiger partial charge in [-0.1, -0.05) is 29.8 Å². The molecule has 34 heavy (non-hydrogen) atoms. The van der Waals surface area contributed by atoms with Gasteiger partial charge in [0.15, 0.2) is 11.5 Å². The molecule has 0 unspecified atom stereocenters. The number of hydrazone groups is 1. The van der Waals surface area contributed by atoms with Crippen LogP contribution >= 0.6 is 15.9 Å². The largest absolute Gasteiger partial charge is 0.493 e. The lowest BCUT2D eigenvalue weighted by Crippen LogP contribution is -2.18. The molecule has 0 saturated carbocycles. The van der Waals surface area contributed by atoms with Crippen LogP contribution in [0.1, 0.15) is 23.6 Å². The molecule has 3 aromatic carbocycles. The van der Waals surface area contributed by atoms with Gasteiger partial charge in [0.05, 0.1) is 22.7 Å². The van der Waals surface area contributed by atoms with Crippen molar-refractivity contribution in [1.29, 1.82) is 0 Å². The number of hydrogen-bond acceptors (Lipinski definition) is 6. The number of nitrogens with one attached hydrogen (secondary N) is 2. The summed E-state index contributed by atoms with van der Waals surface area (Å²) >= 11 is 3.48. The number of anilines is 1. The van der Waals surface area contributed by atoms with E-state index < -0.39 is 10.0 Å². The molecule has 178 valence electrons. The summed E-state index contributed by atoms with van der Waals surface area (Å²) in [7, 11) is -2.36. The fourth-order valence-corrected chi connectivity index (χ4v) is 4.30. The average molecular weight is 546 g/mol. The minimum Gasteiger partial charge on any atom is -0.493 e. The van der Waals surface area contributed by atoms with E-state index in [0.717, 1.165) is 5.56 Å². The van der Waals surface area contributed by atoms with Crippen LogP contribution in [0.2, 0.25) is 0 Å². The third-order valence-corrected chi connectivity index (χ3v) is 6.45. The van der Waals surface area contributed by atoms with Crippen molar-refractivity contribution in [2.45, 2.75) is 25.3 Å². The molecule has 0 aliphatic carbocycles. The van der Waals surface area contributed by atoms with Crippen LogP contribution in [-0.2, 0) is 21.4 Å². The van der Waals surface area contributed by atoms with Crippen molar-refractivity contribution in [1.82, 2.24) is 4.83 Å². The van der Waals surface area contributed by atoms with E-state index >= 15 is 0 Å². The van der Waals surface area contributed by atoms with Crippen molar-refractivity contribution < 1.29 is 22.7 Å². The Morgan fingerprint density at radius 3 is 2.38 bits per heavy atom. The number of ether oxygens (including phenoxy) is 2. The number of carbonyl (C=O) groups is 1. The van der Waals surface area contributed by atoms with Gasteiger partial charge >= 0.3 is 0 Å². The van der Waals surface area contributed by atoms with E-state index in [4.69, 9.17) is 9.47 Å². The van der Waals surface area contributed by atoms with Gasteiger partial charge in [-0.15, -0.1) is 0 Å². The van der Waals surface area contributed by atoms with Crippen molar-refractivity contribution >= 4 is 43.8 Å². The van der Waals surface area contributed by atoms with Crippen LogP contribution < -0.4 is 19.6 Å². The number of aryl methyl sites for hydroxylation is 1. The molecular weight excluding hydrogens is 522 g/mol. The van der Waals surface area contributed by atoms with Crippen LogP contribution in [-0.4, -0.2) is 27.6 Å². The second kappa shape index (κ2) is 11.2. The number of hydrogen-bond donors (Lipinski definition) is 2.